The normalized spacial score (nSPS) is 10.4. The summed E-state index contributed by atoms with van der Waals surface area (Å²) in [5.41, 5.74) is 1.11. The van der Waals surface area contributed by atoms with Crippen LogP contribution < -0.4 is 4.74 Å². The molecule has 0 radical (unpaired) electrons. The molecule has 0 fully saturated rings. The number of thiophene rings is 1. The second-order valence-electron chi connectivity index (χ2n) is 5.06. The van der Waals surface area contributed by atoms with Crippen LogP contribution in [0.25, 0.3) is 0 Å². The fourth-order valence-electron chi connectivity index (χ4n) is 2.18. The van der Waals surface area contributed by atoms with E-state index in [1.807, 2.05) is 59.3 Å². The van der Waals surface area contributed by atoms with E-state index in [1.165, 1.54) is 0 Å². The lowest BCUT2D eigenvalue weighted by Crippen LogP contribution is -2.33. The summed E-state index contributed by atoms with van der Waals surface area (Å²) in [4.78, 5) is 14.3. The molecule has 1 amide bonds. The SMILES string of the molecule is O=C(COc1ccccc1)N(Cc1ccsc1)Cc1ccco1. The highest BCUT2D eigenvalue weighted by atomic mass is 32.1. The minimum absolute atomic E-state index is 0.00879. The first-order valence-corrected chi connectivity index (χ1v) is 8.24. The number of rotatable bonds is 7. The van der Waals surface area contributed by atoms with Gasteiger partial charge in [0.1, 0.15) is 11.5 Å². The molecule has 1 aromatic carbocycles. The van der Waals surface area contributed by atoms with Gasteiger partial charge in [-0.2, -0.15) is 11.3 Å². The van der Waals surface area contributed by atoms with Gasteiger partial charge in [-0.15, -0.1) is 0 Å². The molecule has 0 aliphatic carbocycles. The number of nitrogens with zero attached hydrogens (tertiary/aromatic N) is 1. The maximum absolute atomic E-state index is 12.5. The van der Waals surface area contributed by atoms with Crippen molar-refractivity contribution in [3.05, 3.63) is 76.9 Å². The van der Waals surface area contributed by atoms with Crippen LogP contribution in [0.3, 0.4) is 0 Å². The maximum atomic E-state index is 12.5. The lowest BCUT2D eigenvalue weighted by atomic mass is 10.3. The minimum Gasteiger partial charge on any atom is -0.484 e. The lowest BCUT2D eigenvalue weighted by molar-refractivity contribution is -0.134. The van der Waals surface area contributed by atoms with Crippen molar-refractivity contribution in [2.24, 2.45) is 0 Å². The second kappa shape index (κ2) is 7.65. The Labute approximate surface area is 138 Å². The Bertz CT molecular complexity index is 672. The Kier molecular flexibility index (Phi) is 5.11. The zero-order valence-electron chi connectivity index (χ0n) is 12.6. The van der Waals surface area contributed by atoms with E-state index in [0.29, 0.717) is 18.8 Å². The molecule has 0 unspecified atom stereocenters. The number of amides is 1. The molecule has 4 nitrogen and oxygen atoms in total. The molecule has 118 valence electrons. The van der Waals surface area contributed by atoms with Gasteiger partial charge in [0.05, 0.1) is 12.8 Å². The van der Waals surface area contributed by atoms with E-state index in [2.05, 4.69) is 0 Å². The van der Waals surface area contributed by atoms with Gasteiger partial charge in [0, 0.05) is 6.54 Å². The fourth-order valence-corrected chi connectivity index (χ4v) is 2.84. The molecular weight excluding hydrogens is 310 g/mol. The van der Waals surface area contributed by atoms with Gasteiger partial charge in [0.25, 0.3) is 5.91 Å². The van der Waals surface area contributed by atoms with Crippen molar-refractivity contribution >= 4 is 17.2 Å². The van der Waals surface area contributed by atoms with E-state index < -0.39 is 0 Å². The van der Waals surface area contributed by atoms with Crippen molar-refractivity contribution in [1.29, 1.82) is 0 Å². The van der Waals surface area contributed by atoms with Crippen molar-refractivity contribution in [3.8, 4) is 5.75 Å². The minimum atomic E-state index is -0.0727. The van der Waals surface area contributed by atoms with Crippen LogP contribution in [0.2, 0.25) is 0 Å². The molecule has 0 aliphatic rings. The molecule has 2 heterocycles. The monoisotopic (exact) mass is 327 g/mol. The average molecular weight is 327 g/mol. The molecule has 0 spiro atoms. The number of hydrogen-bond donors (Lipinski definition) is 0. The van der Waals surface area contributed by atoms with Gasteiger partial charge in [-0.25, -0.2) is 0 Å². The van der Waals surface area contributed by atoms with Gasteiger partial charge in [-0.1, -0.05) is 18.2 Å². The summed E-state index contributed by atoms with van der Waals surface area (Å²) in [5, 5.41) is 4.05. The third-order valence-electron chi connectivity index (χ3n) is 3.34. The topological polar surface area (TPSA) is 42.7 Å². The summed E-state index contributed by atoms with van der Waals surface area (Å²) in [6.07, 6.45) is 1.61. The average Bonchev–Trinajstić information content (AvgIpc) is 3.27. The van der Waals surface area contributed by atoms with Gasteiger partial charge < -0.3 is 14.1 Å². The summed E-state index contributed by atoms with van der Waals surface area (Å²) in [5.74, 6) is 1.37. The van der Waals surface area contributed by atoms with E-state index in [1.54, 1.807) is 22.5 Å². The predicted molar refractivity (Wildman–Crippen MR) is 89.2 cm³/mol. The van der Waals surface area contributed by atoms with Crippen LogP contribution in [0.4, 0.5) is 0 Å². The zero-order chi connectivity index (χ0) is 15.9. The van der Waals surface area contributed by atoms with Crippen LogP contribution in [0, 0.1) is 0 Å². The van der Waals surface area contributed by atoms with E-state index in [-0.39, 0.29) is 12.5 Å². The van der Waals surface area contributed by atoms with E-state index in [9.17, 15) is 4.79 Å². The molecule has 0 atom stereocenters. The Balaban J connectivity index is 1.65. The number of carbonyl (C=O) groups is 1. The number of benzene rings is 1. The van der Waals surface area contributed by atoms with Gasteiger partial charge in [0.15, 0.2) is 6.61 Å². The van der Waals surface area contributed by atoms with Gasteiger partial charge in [0.2, 0.25) is 0 Å². The van der Waals surface area contributed by atoms with Crippen LogP contribution in [-0.2, 0) is 17.9 Å². The number of furan rings is 1. The molecule has 0 bridgehead atoms. The smallest absolute Gasteiger partial charge is 0.261 e. The fraction of sp³-hybridized carbons (Fsp3) is 0.167. The standard InChI is InChI=1S/C18H17NO3S/c20-18(13-22-16-5-2-1-3-6-16)19(11-15-8-10-23-14-15)12-17-7-4-9-21-17/h1-10,14H,11-13H2. The van der Waals surface area contributed by atoms with Crippen molar-refractivity contribution in [2.75, 3.05) is 6.61 Å². The molecule has 5 heteroatoms. The Morgan fingerprint density at radius 3 is 2.65 bits per heavy atom. The highest BCUT2D eigenvalue weighted by Crippen LogP contribution is 2.14. The summed E-state index contributed by atoms with van der Waals surface area (Å²) in [6.45, 7) is 0.982. The van der Waals surface area contributed by atoms with Gasteiger partial charge >= 0.3 is 0 Å². The van der Waals surface area contributed by atoms with Crippen LogP contribution in [0.15, 0.2) is 70.0 Å². The van der Waals surface area contributed by atoms with Crippen LogP contribution in [0.1, 0.15) is 11.3 Å². The maximum Gasteiger partial charge on any atom is 0.261 e. The molecule has 3 aromatic rings. The third kappa shape index (κ3) is 4.47. The largest absolute Gasteiger partial charge is 0.484 e. The summed E-state index contributed by atoms with van der Waals surface area (Å²) in [7, 11) is 0. The Morgan fingerprint density at radius 2 is 1.96 bits per heavy atom. The van der Waals surface area contributed by atoms with E-state index >= 15 is 0 Å². The molecule has 3 rings (SSSR count). The first-order chi connectivity index (χ1) is 11.3. The number of ether oxygens (including phenoxy) is 1. The summed E-state index contributed by atoms with van der Waals surface area (Å²) in [6, 6.07) is 15.1. The van der Waals surface area contributed by atoms with E-state index in [0.717, 1.165) is 11.3 Å². The second-order valence-corrected chi connectivity index (χ2v) is 5.84. The third-order valence-corrected chi connectivity index (χ3v) is 4.07. The van der Waals surface area contributed by atoms with Crippen LogP contribution in [-0.4, -0.2) is 17.4 Å². The molecule has 0 N–H and O–H groups in total. The summed E-state index contributed by atoms with van der Waals surface area (Å²) < 4.78 is 10.9. The Morgan fingerprint density at radius 1 is 1.09 bits per heavy atom. The lowest BCUT2D eigenvalue weighted by Gasteiger charge is -2.21. The van der Waals surface area contributed by atoms with Crippen molar-refractivity contribution in [1.82, 2.24) is 4.90 Å². The number of hydrogen-bond acceptors (Lipinski definition) is 4. The van der Waals surface area contributed by atoms with Gasteiger partial charge in [-0.05, 0) is 46.7 Å². The summed E-state index contributed by atoms with van der Waals surface area (Å²) >= 11 is 1.62. The van der Waals surface area contributed by atoms with Crippen LogP contribution in [0.5, 0.6) is 5.75 Å². The highest BCUT2D eigenvalue weighted by Gasteiger charge is 2.17. The molecule has 0 saturated heterocycles. The first-order valence-electron chi connectivity index (χ1n) is 7.30. The van der Waals surface area contributed by atoms with Crippen molar-refractivity contribution in [2.45, 2.75) is 13.1 Å². The zero-order valence-corrected chi connectivity index (χ0v) is 13.4. The number of carbonyl (C=O) groups excluding carboxylic acids is 1. The first kappa shape index (κ1) is 15.4. The van der Waals surface area contributed by atoms with Gasteiger partial charge in [-0.3, -0.25) is 4.79 Å². The highest BCUT2D eigenvalue weighted by molar-refractivity contribution is 7.07. The predicted octanol–water partition coefficient (Wildman–Crippen LogP) is 3.95. The van der Waals surface area contributed by atoms with E-state index in [4.69, 9.17) is 9.15 Å². The molecular formula is C18H17NO3S. The van der Waals surface area contributed by atoms with Crippen molar-refractivity contribution < 1.29 is 13.9 Å². The molecule has 23 heavy (non-hydrogen) atoms. The quantitative estimate of drug-likeness (QED) is 0.660. The van der Waals surface area contributed by atoms with Crippen molar-refractivity contribution in [3.63, 3.8) is 0 Å². The molecule has 0 saturated carbocycles. The molecule has 0 aliphatic heterocycles. The molecule has 2 aromatic heterocycles. The van der Waals surface area contributed by atoms with Crippen LogP contribution >= 0.6 is 11.3 Å². The number of para-hydroxylation sites is 1. The Hall–Kier alpha value is -2.53.